The molecule has 8 rings (SSSR count). The summed E-state index contributed by atoms with van der Waals surface area (Å²) in [5.74, 6) is 8.29. The Labute approximate surface area is 404 Å². The number of anilines is 4. The molecule has 2 aromatic heterocycles. The van der Waals surface area contributed by atoms with Gasteiger partial charge in [-0.1, -0.05) is 45.8 Å². The zero-order valence-corrected chi connectivity index (χ0v) is 40.0. The lowest BCUT2D eigenvalue weighted by molar-refractivity contribution is 0.0373. The molecule has 0 unspecified atom stereocenters. The fraction of sp³-hybridized carbons (Fsp3) is 0.462. The highest BCUT2D eigenvalue weighted by atomic mass is 79.9. The first-order valence-corrected chi connectivity index (χ1v) is 24.3. The van der Waals surface area contributed by atoms with E-state index in [-0.39, 0.29) is 11.8 Å². The minimum absolute atomic E-state index is 0.113. The number of morpholine rings is 2. The van der Waals surface area contributed by atoms with Crippen LogP contribution in [0.5, 0.6) is 0 Å². The maximum absolute atomic E-state index is 12.8. The van der Waals surface area contributed by atoms with Gasteiger partial charge in [0.05, 0.1) is 48.9 Å². The van der Waals surface area contributed by atoms with Gasteiger partial charge in [-0.05, 0) is 126 Å². The van der Waals surface area contributed by atoms with Gasteiger partial charge in [0.25, 0.3) is 11.8 Å². The molecule has 356 valence electrons. The van der Waals surface area contributed by atoms with E-state index in [1.54, 1.807) is 30.9 Å². The average molecular weight is 978 g/mol. The van der Waals surface area contributed by atoms with Crippen LogP contribution < -0.4 is 21.3 Å². The lowest BCUT2D eigenvalue weighted by Crippen LogP contribution is -2.38. The summed E-state index contributed by atoms with van der Waals surface area (Å²) in [5.41, 5.74) is 3.43. The van der Waals surface area contributed by atoms with E-state index in [9.17, 15) is 19.8 Å². The fourth-order valence-electron chi connectivity index (χ4n) is 8.15. The van der Waals surface area contributed by atoms with Gasteiger partial charge < -0.3 is 41.0 Å². The molecule has 14 nitrogen and oxygen atoms in total. The summed E-state index contributed by atoms with van der Waals surface area (Å²) in [4.78, 5) is 38.3. The molecular formula is C52H65BrN8O6. The summed E-state index contributed by atoms with van der Waals surface area (Å²) in [7, 11) is 0. The Bertz CT molecular complexity index is 2290. The number of amides is 2. The number of rotatable bonds is 14. The number of carbonyl (C=O) groups is 2. The average Bonchev–Trinajstić information content (AvgIpc) is 4.01. The largest absolute Gasteiger partial charge is 0.379 e. The number of hydrogen-bond donors (Lipinski definition) is 6. The van der Waals surface area contributed by atoms with Crippen LogP contribution in [0.15, 0.2) is 89.9 Å². The van der Waals surface area contributed by atoms with Crippen LogP contribution in [-0.4, -0.2) is 132 Å². The van der Waals surface area contributed by atoms with Gasteiger partial charge in [-0.15, -0.1) is 6.42 Å². The topological polar surface area (TPSA) is 173 Å². The van der Waals surface area contributed by atoms with Gasteiger partial charge in [-0.25, -0.2) is 0 Å². The van der Waals surface area contributed by atoms with Gasteiger partial charge in [0, 0.05) is 85.5 Å². The van der Waals surface area contributed by atoms with Crippen LogP contribution >= 0.6 is 15.9 Å². The number of benzene rings is 2. The molecule has 67 heavy (non-hydrogen) atoms. The number of pyridine rings is 2. The highest BCUT2D eigenvalue weighted by Crippen LogP contribution is 2.30. The molecule has 2 aliphatic heterocycles. The number of terminal acetylenes is 1. The third kappa shape index (κ3) is 17.3. The standard InChI is InChI=1S/C26H32N4O3.C19H23BrN4O2.C7H10O/c31-25(28-12-4-14-30-15-17-33-18-16-30)23-20-27-13-8-24(23)29-22-6-3-5-21(19-22)7-11-26(32)9-1-2-10-26;20-15-3-1-4-16(13-15)23-18-5-7-21-14-17(18)19(25)22-6-2-8-24-9-11-26-12-10-24;1-2-7(8)5-3-4-6-7/h3,5-6,8,13,19-20,32H,1-2,4,9-10,12,14-18H2,(H,27,29)(H,28,31);1,3-5,7,13-14H,2,6,8-12H2,(H,21,23)(H,22,25);1,8H,3-6H2. The first-order chi connectivity index (χ1) is 32.6. The predicted molar refractivity (Wildman–Crippen MR) is 267 cm³/mol. The van der Waals surface area contributed by atoms with Crippen molar-refractivity contribution < 1.29 is 29.3 Å². The van der Waals surface area contributed by atoms with Gasteiger partial charge in [0.1, 0.15) is 11.2 Å². The molecule has 4 heterocycles. The Balaban J connectivity index is 0.000000193. The first kappa shape index (κ1) is 51.0. The second-order valence-electron chi connectivity index (χ2n) is 17.2. The van der Waals surface area contributed by atoms with Crippen molar-refractivity contribution in [3.05, 3.63) is 107 Å². The number of nitrogens with zero attached hydrogens (tertiary/aromatic N) is 4. The molecule has 0 radical (unpaired) electrons. The second kappa shape index (κ2) is 26.8. The number of ether oxygens (including phenoxy) is 2. The lowest BCUT2D eigenvalue weighted by Gasteiger charge is -2.26. The van der Waals surface area contributed by atoms with Crippen LogP contribution in [0, 0.1) is 24.2 Å². The minimum atomic E-state index is -0.860. The van der Waals surface area contributed by atoms with E-state index in [0.717, 1.165) is 157 Å². The summed E-state index contributed by atoms with van der Waals surface area (Å²) in [5, 5.41) is 32.3. The number of carbonyl (C=O) groups excluding carboxylic acids is 2. The van der Waals surface area contributed by atoms with E-state index in [2.05, 4.69) is 74.7 Å². The number of aliphatic hydroxyl groups is 2. The summed E-state index contributed by atoms with van der Waals surface area (Å²) >= 11 is 3.45. The molecule has 4 aliphatic rings. The van der Waals surface area contributed by atoms with Crippen molar-refractivity contribution in [2.45, 2.75) is 75.4 Å². The fourth-order valence-corrected chi connectivity index (χ4v) is 8.55. The Morgan fingerprint density at radius 3 is 1.64 bits per heavy atom. The molecule has 4 aromatic rings. The Hall–Kier alpha value is -5.36. The zero-order chi connectivity index (χ0) is 47.2. The van der Waals surface area contributed by atoms with Crippen molar-refractivity contribution in [3.63, 3.8) is 0 Å². The molecule has 0 bridgehead atoms. The van der Waals surface area contributed by atoms with Gasteiger partial charge in [-0.2, -0.15) is 0 Å². The van der Waals surface area contributed by atoms with E-state index >= 15 is 0 Å². The quantitative estimate of drug-likeness (QED) is 0.0572. The molecule has 2 aliphatic carbocycles. The summed E-state index contributed by atoms with van der Waals surface area (Å²) in [6.45, 7) is 10.2. The SMILES string of the molecule is C#CC1(O)CCCC1.O=C(NCCCN1CCOCC1)c1cnccc1Nc1cccc(Br)c1.O=C(NCCCN1CCOCC1)c1cnccc1Nc1cccc(C#CC2(O)CCCC2)c1. The smallest absolute Gasteiger partial charge is 0.254 e. The van der Waals surface area contributed by atoms with E-state index in [0.29, 0.717) is 29.9 Å². The first-order valence-electron chi connectivity index (χ1n) is 23.5. The summed E-state index contributed by atoms with van der Waals surface area (Å²) in [6.07, 6.45) is 20.7. The molecule has 2 aromatic carbocycles. The summed E-state index contributed by atoms with van der Waals surface area (Å²) in [6, 6.07) is 19.1. The van der Waals surface area contributed by atoms with Gasteiger partial charge >= 0.3 is 0 Å². The maximum Gasteiger partial charge on any atom is 0.254 e. The lowest BCUT2D eigenvalue weighted by atomic mass is 10.0. The van der Waals surface area contributed by atoms with E-state index < -0.39 is 11.2 Å². The van der Waals surface area contributed by atoms with Gasteiger partial charge in [0.2, 0.25) is 0 Å². The number of hydrogen-bond acceptors (Lipinski definition) is 12. The molecule has 0 spiro atoms. The third-order valence-corrected chi connectivity index (χ3v) is 12.5. The van der Waals surface area contributed by atoms with Crippen LogP contribution in [0.1, 0.15) is 90.5 Å². The van der Waals surface area contributed by atoms with E-state index in [1.165, 1.54) is 0 Å². The molecule has 6 N–H and O–H groups in total. The van der Waals surface area contributed by atoms with Crippen molar-refractivity contribution >= 4 is 50.5 Å². The minimum Gasteiger partial charge on any atom is -0.379 e. The highest BCUT2D eigenvalue weighted by Gasteiger charge is 2.29. The zero-order valence-electron chi connectivity index (χ0n) is 38.4. The molecular weight excluding hydrogens is 913 g/mol. The van der Waals surface area contributed by atoms with Crippen molar-refractivity contribution in [1.82, 2.24) is 30.4 Å². The van der Waals surface area contributed by atoms with Crippen LogP contribution in [0.2, 0.25) is 0 Å². The molecule has 0 atom stereocenters. The third-order valence-electron chi connectivity index (χ3n) is 12.0. The van der Waals surface area contributed by atoms with Crippen LogP contribution in [0.25, 0.3) is 0 Å². The molecule has 2 saturated carbocycles. The van der Waals surface area contributed by atoms with E-state index in [4.69, 9.17) is 15.9 Å². The van der Waals surface area contributed by atoms with Gasteiger partial charge in [-0.3, -0.25) is 29.4 Å². The Morgan fingerprint density at radius 2 is 1.16 bits per heavy atom. The Kier molecular flexibility index (Phi) is 20.4. The van der Waals surface area contributed by atoms with Crippen molar-refractivity contribution in [1.29, 1.82) is 0 Å². The number of halogens is 1. The summed E-state index contributed by atoms with van der Waals surface area (Å²) < 4.78 is 11.7. The highest BCUT2D eigenvalue weighted by molar-refractivity contribution is 9.10. The number of nitrogens with one attached hydrogen (secondary N) is 4. The monoisotopic (exact) mass is 976 g/mol. The predicted octanol–water partition coefficient (Wildman–Crippen LogP) is 6.90. The van der Waals surface area contributed by atoms with Crippen molar-refractivity contribution in [2.75, 3.05) is 89.4 Å². The van der Waals surface area contributed by atoms with Gasteiger partial charge in [0.15, 0.2) is 0 Å². The molecule has 4 fully saturated rings. The molecule has 2 amide bonds. The molecule has 2 saturated heterocycles. The van der Waals surface area contributed by atoms with Crippen molar-refractivity contribution in [3.8, 4) is 24.2 Å². The Morgan fingerprint density at radius 1 is 0.687 bits per heavy atom. The van der Waals surface area contributed by atoms with E-state index in [1.807, 2.05) is 54.6 Å². The van der Waals surface area contributed by atoms with Crippen LogP contribution in [0.3, 0.4) is 0 Å². The number of aromatic nitrogens is 2. The maximum atomic E-state index is 12.8. The molecule has 15 heteroatoms. The normalized spacial score (nSPS) is 17.5. The second-order valence-corrected chi connectivity index (χ2v) is 18.1. The van der Waals surface area contributed by atoms with Crippen molar-refractivity contribution in [2.24, 2.45) is 0 Å². The van der Waals surface area contributed by atoms with Crippen LogP contribution in [0.4, 0.5) is 22.7 Å². The van der Waals surface area contributed by atoms with Crippen LogP contribution in [-0.2, 0) is 9.47 Å².